The van der Waals surface area contributed by atoms with Crippen LogP contribution in [0.2, 0.25) is 0 Å². The molecule has 0 saturated carbocycles. The van der Waals surface area contributed by atoms with Gasteiger partial charge in [-0.3, -0.25) is 0 Å². The fourth-order valence-electron chi connectivity index (χ4n) is 2.95. The van der Waals surface area contributed by atoms with Gasteiger partial charge < -0.3 is 15.3 Å². The van der Waals surface area contributed by atoms with Crippen LogP contribution >= 0.6 is 0 Å². The van der Waals surface area contributed by atoms with Gasteiger partial charge in [-0.2, -0.15) is 0 Å². The molecule has 1 fully saturated rings. The number of hydrogen-bond donors (Lipinski definition) is 2. The van der Waals surface area contributed by atoms with E-state index >= 15 is 0 Å². The molecule has 21 heavy (non-hydrogen) atoms. The molecule has 5 heteroatoms. The van der Waals surface area contributed by atoms with Crippen LogP contribution in [-0.4, -0.2) is 34.1 Å². The molecule has 0 aromatic heterocycles. The highest BCUT2D eigenvalue weighted by Crippen LogP contribution is 2.24. The third kappa shape index (κ3) is 3.35. The second-order valence-electron chi connectivity index (χ2n) is 5.82. The minimum Gasteiger partial charge on any atom is -0.478 e. The second-order valence-corrected chi connectivity index (χ2v) is 5.82. The molecule has 1 aliphatic rings. The molecule has 2 atom stereocenters. The maximum Gasteiger partial charge on any atom is 0.337 e. The summed E-state index contributed by atoms with van der Waals surface area (Å²) in [5, 5.41) is 12.0. The number of anilines is 1. The van der Waals surface area contributed by atoms with Gasteiger partial charge in [0.05, 0.1) is 11.3 Å². The van der Waals surface area contributed by atoms with Gasteiger partial charge in [0, 0.05) is 12.1 Å². The summed E-state index contributed by atoms with van der Waals surface area (Å²) in [7, 11) is 0. The maximum atomic E-state index is 12.5. The number of carbonyl (C=O) groups is 2. The van der Waals surface area contributed by atoms with Crippen LogP contribution in [0.25, 0.3) is 0 Å². The zero-order valence-electron chi connectivity index (χ0n) is 12.7. The molecule has 1 aromatic rings. The van der Waals surface area contributed by atoms with E-state index in [1.807, 2.05) is 25.7 Å². The Morgan fingerprint density at radius 1 is 1.24 bits per heavy atom. The first kappa shape index (κ1) is 15.4. The minimum absolute atomic E-state index is 0.126. The molecule has 1 saturated heterocycles. The Labute approximate surface area is 125 Å². The molecule has 2 unspecified atom stereocenters. The van der Waals surface area contributed by atoms with Crippen LogP contribution in [0.1, 0.15) is 49.0 Å². The number of carbonyl (C=O) groups excluding carboxylic acids is 1. The van der Waals surface area contributed by atoms with Crippen molar-refractivity contribution >= 4 is 17.7 Å². The molecule has 2 rings (SSSR count). The molecule has 0 spiro atoms. The fraction of sp³-hybridized carbons (Fsp3) is 0.500. The van der Waals surface area contributed by atoms with Crippen molar-refractivity contribution in [1.82, 2.24) is 4.90 Å². The lowest BCUT2D eigenvalue weighted by molar-refractivity contribution is 0.0698. The Morgan fingerprint density at radius 3 is 2.43 bits per heavy atom. The molecular weight excluding hydrogens is 268 g/mol. The van der Waals surface area contributed by atoms with Gasteiger partial charge in [-0.05, 0) is 52.2 Å². The second kappa shape index (κ2) is 6.16. The summed E-state index contributed by atoms with van der Waals surface area (Å²) >= 11 is 0. The number of urea groups is 1. The Morgan fingerprint density at radius 2 is 1.86 bits per heavy atom. The van der Waals surface area contributed by atoms with Crippen molar-refractivity contribution in [1.29, 1.82) is 0 Å². The van der Waals surface area contributed by atoms with Crippen LogP contribution in [0.5, 0.6) is 0 Å². The van der Waals surface area contributed by atoms with E-state index < -0.39 is 5.97 Å². The molecular formula is C16H22N2O3. The number of likely N-dealkylation sites (tertiary alicyclic amines) is 1. The molecule has 2 amide bonds. The third-order valence-electron chi connectivity index (χ3n) is 4.08. The van der Waals surface area contributed by atoms with Gasteiger partial charge >= 0.3 is 12.0 Å². The van der Waals surface area contributed by atoms with E-state index in [1.165, 1.54) is 0 Å². The molecule has 2 N–H and O–H groups in total. The third-order valence-corrected chi connectivity index (χ3v) is 4.08. The van der Waals surface area contributed by atoms with Crippen LogP contribution in [0.4, 0.5) is 10.5 Å². The number of piperidine rings is 1. The SMILES string of the molecule is Cc1ccc(NC(=O)N2C(C)CCCC2C)c(C(=O)O)c1. The van der Waals surface area contributed by atoms with Crippen molar-refractivity contribution in [3.8, 4) is 0 Å². The summed E-state index contributed by atoms with van der Waals surface area (Å²) in [6.45, 7) is 5.89. The van der Waals surface area contributed by atoms with E-state index in [9.17, 15) is 14.7 Å². The minimum atomic E-state index is -1.03. The summed E-state index contributed by atoms with van der Waals surface area (Å²) in [5.74, 6) is -1.03. The predicted molar refractivity (Wildman–Crippen MR) is 81.8 cm³/mol. The number of nitrogens with one attached hydrogen (secondary N) is 1. The molecule has 0 bridgehead atoms. The normalized spacial score (nSPS) is 22.0. The lowest BCUT2D eigenvalue weighted by Gasteiger charge is -2.39. The largest absolute Gasteiger partial charge is 0.478 e. The van der Waals surface area contributed by atoms with Crippen molar-refractivity contribution in [2.75, 3.05) is 5.32 Å². The number of carboxylic acids is 1. The molecule has 114 valence electrons. The number of rotatable bonds is 2. The standard InChI is InChI=1S/C16H22N2O3/c1-10-7-8-14(13(9-10)15(19)20)17-16(21)18-11(2)5-4-6-12(18)3/h7-9,11-12H,4-6H2,1-3H3,(H,17,21)(H,19,20). The smallest absolute Gasteiger partial charge is 0.337 e. The van der Waals surface area contributed by atoms with Crippen molar-refractivity contribution in [3.05, 3.63) is 29.3 Å². The average Bonchev–Trinajstić information content (AvgIpc) is 2.40. The fourth-order valence-corrected chi connectivity index (χ4v) is 2.95. The first-order valence-corrected chi connectivity index (χ1v) is 7.33. The number of aryl methyl sites for hydroxylation is 1. The van der Waals surface area contributed by atoms with Gasteiger partial charge in [0.2, 0.25) is 0 Å². The highest BCUT2D eigenvalue weighted by atomic mass is 16.4. The van der Waals surface area contributed by atoms with E-state index in [0.717, 1.165) is 24.8 Å². The monoisotopic (exact) mass is 290 g/mol. The van der Waals surface area contributed by atoms with Crippen LogP contribution in [0.3, 0.4) is 0 Å². The first-order chi connectivity index (χ1) is 9.90. The number of benzene rings is 1. The van der Waals surface area contributed by atoms with Gasteiger partial charge in [-0.15, -0.1) is 0 Å². The van der Waals surface area contributed by atoms with Gasteiger partial charge in [-0.1, -0.05) is 11.6 Å². The van der Waals surface area contributed by atoms with E-state index in [1.54, 1.807) is 18.2 Å². The van der Waals surface area contributed by atoms with Crippen LogP contribution in [0, 0.1) is 6.92 Å². The maximum absolute atomic E-state index is 12.5. The van der Waals surface area contributed by atoms with E-state index in [0.29, 0.717) is 5.69 Å². The van der Waals surface area contributed by atoms with Gasteiger partial charge in [0.15, 0.2) is 0 Å². The van der Waals surface area contributed by atoms with E-state index in [2.05, 4.69) is 5.32 Å². The van der Waals surface area contributed by atoms with Crippen LogP contribution < -0.4 is 5.32 Å². The zero-order valence-corrected chi connectivity index (χ0v) is 12.7. The van der Waals surface area contributed by atoms with E-state index in [-0.39, 0.29) is 23.7 Å². The van der Waals surface area contributed by atoms with Crippen molar-refractivity contribution in [3.63, 3.8) is 0 Å². The summed E-state index contributed by atoms with van der Waals surface area (Å²) in [5.41, 5.74) is 1.33. The summed E-state index contributed by atoms with van der Waals surface area (Å²) < 4.78 is 0. The lowest BCUT2D eigenvalue weighted by atomic mass is 9.98. The molecule has 5 nitrogen and oxygen atoms in total. The van der Waals surface area contributed by atoms with E-state index in [4.69, 9.17) is 0 Å². The molecule has 1 aliphatic heterocycles. The number of hydrogen-bond acceptors (Lipinski definition) is 2. The van der Waals surface area contributed by atoms with Crippen molar-refractivity contribution < 1.29 is 14.7 Å². The lowest BCUT2D eigenvalue weighted by Crippen LogP contribution is -2.49. The summed E-state index contributed by atoms with van der Waals surface area (Å²) in [6, 6.07) is 5.14. The van der Waals surface area contributed by atoms with Gasteiger partial charge in [0.1, 0.15) is 0 Å². The molecule has 0 radical (unpaired) electrons. The Bertz CT molecular complexity index is 546. The Kier molecular flexibility index (Phi) is 4.50. The number of aromatic carboxylic acids is 1. The van der Waals surface area contributed by atoms with Crippen molar-refractivity contribution in [2.24, 2.45) is 0 Å². The van der Waals surface area contributed by atoms with Gasteiger partial charge in [0.25, 0.3) is 0 Å². The number of amides is 2. The first-order valence-electron chi connectivity index (χ1n) is 7.33. The topological polar surface area (TPSA) is 69.6 Å². The summed E-state index contributed by atoms with van der Waals surface area (Å²) in [6.07, 6.45) is 3.09. The zero-order chi connectivity index (χ0) is 15.6. The Balaban J connectivity index is 2.21. The predicted octanol–water partition coefficient (Wildman–Crippen LogP) is 3.49. The molecule has 0 aliphatic carbocycles. The highest BCUT2D eigenvalue weighted by molar-refractivity contribution is 6.00. The van der Waals surface area contributed by atoms with Gasteiger partial charge in [-0.25, -0.2) is 9.59 Å². The highest BCUT2D eigenvalue weighted by Gasteiger charge is 2.29. The molecule has 1 heterocycles. The number of carboxylic acid groups (broad SMARTS) is 1. The van der Waals surface area contributed by atoms with Crippen LogP contribution in [0.15, 0.2) is 18.2 Å². The Hall–Kier alpha value is -2.04. The summed E-state index contributed by atoms with van der Waals surface area (Å²) in [4.78, 5) is 25.6. The number of nitrogens with zero attached hydrogens (tertiary/aromatic N) is 1. The van der Waals surface area contributed by atoms with Crippen molar-refractivity contribution in [2.45, 2.75) is 52.1 Å². The molecule has 1 aromatic carbocycles. The van der Waals surface area contributed by atoms with Crippen LogP contribution in [-0.2, 0) is 0 Å². The average molecular weight is 290 g/mol. The quantitative estimate of drug-likeness (QED) is 0.876.